The Morgan fingerprint density at radius 2 is 1.00 bits per heavy atom. The van der Waals surface area contributed by atoms with E-state index >= 15 is 0 Å². The van der Waals surface area contributed by atoms with Crippen molar-refractivity contribution in [3.8, 4) is 0 Å². The van der Waals surface area contributed by atoms with Crippen LogP contribution in [0.3, 0.4) is 0 Å². The highest BCUT2D eigenvalue weighted by Gasteiger charge is 2.10. The minimum Gasteiger partial charge on any atom is -0.307 e. The Balaban J connectivity index is 0. The lowest BCUT2D eigenvalue weighted by Crippen LogP contribution is -2.34. The Hall–Kier alpha value is -0.0800. The minimum absolute atomic E-state index is 0.333. The lowest BCUT2D eigenvalue weighted by atomic mass is 10.1. The molecule has 0 saturated carbocycles. The molecule has 0 saturated heterocycles. The van der Waals surface area contributed by atoms with Crippen LogP contribution in [0.5, 0.6) is 0 Å². The SMILES string of the molecule is CC(C)N(C)C.CN(C)C(C)(C)C. The topological polar surface area (TPSA) is 6.48 Å². The lowest BCUT2D eigenvalue weighted by Gasteiger charge is -2.27. The Bertz CT molecular complexity index is 104. The average Bonchev–Trinajstić information content (AvgIpc) is 1.86. The number of hydrogen-bond acceptors (Lipinski definition) is 2. The fourth-order valence-corrected chi connectivity index (χ4v) is 0. The molecule has 13 heavy (non-hydrogen) atoms. The average molecular weight is 188 g/mol. The Morgan fingerprint density at radius 3 is 1.00 bits per heavy atom. The van der Waals surface area contributed by atoms with Gasteiger partial charge in [-0.2, -0.15) is 0 Å². The first kappa shape index (κ1) is 15.4. The fourth-order valence-electron chi connectivity index (χ4n) is 0. The van der Waals surface area contributed by atoms with Crippen LogP contribution in [0.1, 0.15) is 34.6 Å². The summed E-state index contributed by atoms with van der Waals surface area (Å²) in [5, 5.41) is 0. The van der Waals surface area contributed by atoms with Gasteiger partial charge in [-0.15, -0.1) is 0 Å². The van der Waals surface area contributed by atoms with Crippen molar-refractivity contribution in [2.45, 2.75) is 46.2 Å². The van der Waals surface area contributed by atoms with Gasteiger partial charge in [0.1, 0.15) is 0 Å². The van der Waals surface area contributed by atoms with E-state index in [9.17, 15) is 0 Å². The van der Waals surface area contributed by atoms with Gasteiger partial charge in [0.05, 0.1) is 0 Å². The van der Waals surface area contributed by atoms with Gasteiger partial charge in [0.2, 0.25) is 0 Å². The van der Waals surface area contributed by atoms with Crippen molar-refractivity contribution in [1.82, 2.24) is 9.80 Å². The summed E-state index contributed by atoms with van der Waals surface area (Å²) in [6.45, 7) is 10.9. The zero-order valence-electron chi connectivity index (χ0n) is 11.0. The van der Waals surface area contributed by atoms with Crippen LogP contribution in [-0.2, 0) is 0 Å². The lowest BCUT2D eigenvalue weighted by molar-refractivity contribution is 0.219. The van der Waals surface area contributed by atoms with Gasteiger partial charge in [0, 0.05) is 11.6 Å². The molecule has 0 radical (unpaired) electrons. The van der Waals surface area contributed by atoms with Gasteiger partial charge in [-0.1, -0.05) is 0 Å². The number of rotatable bonds is 1. The standard InChI is InChI=1S/C6H15N.C5H13N/c1-6(2,3)7(4)5;1-5(2)6(3)4/h1-5H3;5H,1-4H3. The number of nitrogens with zero attached hydrogens (tertiary/aromatic N) is 2. The fraction of sp³-hybridized carbons (Fsp3) is 1.00. The molecule has 0 aliphatic heterocycles. The van der Waals surface area contributed by atoms with Crippen molar-refractivity contribution in [2.75, 3.05) is 28.2 Å². The van der Waals surface area contributed by atoms with E-state index in [1.54, 1.807) is 0 Å². The van der Waals surface area contributed by atoms with Crippen molar-refractivity contribution in [3.63, 3.8) is 0 Å². The molecule has 0 rings (SSSR count). The molecule has 0 amide bonds. The normalized spacial score (nSPS) is 12.0. The zero-order chi connectivity index (χ0) is 11.2. The third-order valence-corrected chi connectivity index (χ3v) is 2.37. The zero-order valence-corrected chi connectivity index (χ0v) is 11.0. The summed E-state index contributed by atoms with van der Waals surface area (Å²) in [6.07, 6.45) is 0. The highest BCUT2D eigenvalue weighted by Crippen LogP contribution is 2.05. The van der Waals surface area contributed by atoms with E-state index < -0.39 is 0 Å². The third-order valence-electron chi connectivity index (χ3n) is 2.37. The molecule has 0 N–H and O–H groups in total. The molecular weight excluding hydrogens is 160 g/mol. The highest BCUT2D eigenvalue weighted by molar-refractivity contribution is 4.68. The predicted octanol–water partition coefficient (Wildman–Crippen LogP) is 2.30. The first-order chi connectivity index (χ1) is 5.59. The van der Waals surface area contributed by atoms with Gasteiger partial charge in [-0.3, -0.25) is 0 Å². The van der Waals surface area contributed by atoms with Crippen LogP contribution in [0.25, 0.3) is 0 Å². The summed E-state index contributed by atoms with van der Waals surface area (Å²) in [5.41, 5.74) is 0.333. The largest absolute Gasteiger partial charge is 0.307 e. The van der Waals surface area contributed by atoms with Crippen molar-refractivity contribution in [3.05, 3.63) is 0 Å². The second-order valence-corrected chi connectivity index (χ2v) is 5.12. The van der Waals surface area contributed by atoms with Crippen LogP contribution >= 0.6 is 0 Å². The van der Waals surface area contributed by atoms with Crippen molar-refractivity contribution in [1.29, 1.82) is 0 Å². The molecule has 0 aromatic heterocycles. The van der Waals surface area contributed by atoms with Gasteiger partial charge in [-0.05, 0) is 62.8 Å². The van der Waals surface area contributed by atoms with E-state index in [0.29, 0.717) is 11.6 Å². The summed E-state index contributed by atoms with van der Waals surface area (Å²) in [5.74, 6) is 0. The van der Waals surface area contributed by atoms with Crippen molar-refractivity contribution in [2.24, 2.45) is 0 Å². The van der Waals surface area contributed by atoms with Crippen LogP contribution < -0.4 is 0 Å². The summed E-state index contributed by atoms with van der Waals surface area (Å²) in [4.78, 5) is 4.35. The summed E-state index contributed by atoms with van der Waals surface area (Å²) >= 11 is 0. The van der Waals surface area contributed by atoms with E-state index in [1.165, 1.54) is 0 Å². The molecule has 2 nitrogen and oxygen atoms in total. The maximum Gasteiger partial charge on any atom is 0.0118 e. The molecule has 2 heteroatoms. The van der Waals surface area contributed by atoms with E-state index in [4.69, 9.17) is 0 Å². The molecule has 0 atom stereocenters. The quantitative estimate of drug-likeness (QED) is 0.623. The maximum absolute atomic E-state index is 2.19. The van der Waals surface area contributed by atoms with Gasteiger partial charge in [0.25, 0.3) is 0 Å². The second-order valence-electron chi connectivity index (χ2n) is 5.12. The van der Waals surface area contributed by atoms with Crippen molar-refractivity contribution < 1.29 is 0 Å². The summed E-state index contributed by atoms with van der Waals surface area (Å²) in [6, 6.07) is 0.685. The van der Waals surface area contributed by atoms with E-state index in [1.807, 2.05) is 0 Å². The molecule has 0 aromatic rings. The van der Waals surface area contributed by atoms with Crippen LogP contribution in [0, 0.1) is 0 Å². The summed E-state index contributed by atoms with van der Waals surface area (Å²) < 4.78 is 0. The predicted molar refractivity (Wildman–Crippen MR) is 62.3 cm³/mol. The number of hydrogen-bond donors (Lipinski definition) is 0. The minimum atomic E-state index is 0.333. The molecule has 0 unspecified atom stereocenters. The highest BCUT2D eigenvalue weighted by atomic mass is 15.1. The maximum atomic E-state index is 2.19. The monoisotopic (exact) mass is 188 g/mol. The van der Waals surface area contributed by atoms with Crippen LogP contribution in [0.2, 0.25) is 0 Å². The molecule has 0 heterocycles. The van der Waals surface area contributed by atoms with Crippen LogP contribution in [0.15, 0.2) is 0 Å². The smallest absolute Gasteiger partial charge is 0.0118 e. The van der Waals surface area contributed by atoms with E-state index in [2.05, 4.69) is 72.6 Å². The van der Waals surface area contributed by atoms with Gasteiger partial charge in [0.15, 0.2) is 0 Å². The molecular formula is C11H28N2. The second kappa shape index (κ2) is 6.39. The molecule has 0 fully saturated rings. The Morgan fingerprint density at radius 1 is 0.846 bits per heavy atom. The van der Waals surface area contributed by atoms with Gasteiger partial charge < -0.3 is 9.80 Å². The van der Waals surface area contributed by atoms with Crippen LogP contribution in [-0.4, -0.2) is 49.6 Å². The molecule has 0 aromatic carbocycles. The summed E-state index contributed by atoms with van der Waals surface area (Å²) in [7, 11) is 8.31. The van der Waals surface area contributed by atoms with Crippen molar-refractivity contribution >= 4 is 0 Å². The third kappa shape index (κ3) is 11.9. The van der Waals surface area contributed by atoms with E-state index in [-0.39, 0.29) is 0 Å². The molecule has 0 bridgehead atoms. The molecule has 82 valence electrons. The molecule has 0 aliphatic rings. The molecule has 0 spiro atoms. The van der Waals surface area contributed by atoms with Gasteiger partial charge in [-0.25, -0.2) is 0 Å². The van der Waals surface area contributed by atoms with Crippen LogP contribution in [0.4, 0.5) is 0 Å². The first-order valence-corrected chi connectivity index (χ1v) is 4.93. The van der Waals surface area contributed by atoms with E-state index in [0.717, 1.165) is 0 Å². The Kier molecular flexibility index (Phi) is 7.56. The van der Waals surface area contributed by atoms with Gasteiger partial charge >= 0.3 is 0 Å². The molecule has 0 aliphatic carbocycles. The Labute approximate surface area is 84.9 Å². The first-order valence-electron chi connectivity index (χ1n) is 4.93.